The van der Waals surface area contributed by atoms with Gasteiger partial charge >= 0.3 is 0 Å². The van der Waals surface area contributed by atoms with Crippen LogP contribution in [-0.2, 0) is 13.6 Å². The number of hydrogen-bond acceptors (Lipinski definition) is 3. The first-order chi connectivity index (χ1) is 12.4. The van der Waals surface area contributed by atoms with Crippen LogP contribution in [0.2, 0.25) is 0 Å². The van der Waals surface area contributed by atoms with Gasteiger partial charge in [0, 0.05) is 24.8 Å². The van der Waals surface area contributed by atoms with Gasteiger partial charge in [-0.2, -0.15) is 5.10 Å². The van der Waals surface area contributed by atoms with Crippen LogP contribution in [0.25, 0.3) is 0 Å². The molecule has 0 aliphatic rings. The first-order valence-electron chi connectivity index (χ1n) is 9.15. The maximum Gasteiger partial charge on any atom is 0.191 e. The maximum atomic E-state index is 6.02. The summed E-state index contributed by atoms with van der Waals surface area (Å²) in [5.74, 6) is 1.71. The minimum Gasteiger partial charge on any atom is -0.489 e. The molecule has 1 unspecified atom stereocenters. The topological polar surface area (TPSA) is 63.5 Å². The first kappa shape index (κ1) is 23.3. The minimum absolute atomic E-state index is 0. The van der Waals surface area contributed by atoms with E-state index in [2.05, 4.69) is 49.5 Å². The van der Waals surface area contributed by atoms with Gasteiger partial charge in [0.15, 0.2) is 5.96 Å². The normalized spacial score (nSPS) is 12.3. The Labute approximate surface area is 179 Å². The standard InChI is InChI=1S/C20H31N5O.HI/c1-7-21-20(23-13-18-16(4)24-25(6)17(18)5)22-12-15(3)26-19-11-9-8-10-14(19)2;/h8-11,15H,7,12-13H2,1-6H3,(H2,21,22,23);1H. The summed E-state index contributed by atoms with van der Waals surface area (Å²) in [6.45, 7) is 12.4. The molecule has 0 aliphatic heterocycles. The Hall–Kier alpha value is -1.77. The van der Waals surface area contributed by atoms with E-state index in [0.717, 1.165) is 35.2 Å². The van der Waals surface area contributed by atoms with E-state index < -0.39 is 0 Å². The highest BCUT2D eigenvalue weighted by molar-refractivity contribution is 14.0. The Morgan fingerprint density at radius 3 is 2.52 bits per heavy atom. The van der Waals surface area contributed by atoms with Crippen LogP contribution in [0, 0.1) is 20.8 Å². The van der Waals surface area contributed by atoms with Crippen molar-refractivity contribution in [3.63, 3.8) is 0 Å². The smallest absolute Gasteiger partial charge is 0.191 e. The number of hydrogen-bond donors (Lipinski definition) is 2. The summed E-state index contributed by atoms with van der Waals surface area (Å²) in [7, 11) is 1.96. The number of guanidine groups is 1. The van der Waals surface area contributed by atoms with E-state index in [1.54, 1.807) is 0 Å². The van der Waals surface area contributed by atoms with Crippen LogP contribution in [0.1, 0.15) is 36.4 Å². The molecule has 0 amide bonds. The number of nitrogens with zero attached hydrogens (tertiary/aromatic N) is 3. The highest BCUT2D eigenvalue weighted by Crippen LogP contribution is 2.17. The van der Waals surface area contributed by atoms with Crippen LogP contribution >= 0.6 is 24.0 Å². The Kier molecular flexibility index (Phi) is 9.62. The second-order valence-electron chi connectivity index (χ2n) is 6.54. The van der Waals surface area contributed by atoms with Crippen LogP contribution in [0.4, 0.5) is 0 Å². The molecule has 2 aromatic rings. The van der Waals surface area contributed by atoms with Gasteiger partial charge < -0.3 is 15.4 Å². The van der Waals surface area contributed by atoms with E-state index in [4.69, 9.17) is 9.73 Å². The molecule has 2 rings (SSSR count). The Morgan fingerprint density at radius 1 is 1.22 bits per heavy atom. The van der Waals surface area contributed by atoms with Crippen LogP contribution in [0.5, 0.6) is 5.75 Å². The summed E-state index contributed by atoms with van der Waals surface area (Å²) >= 11 is 0. The van der Waals surface area contributed by atoms with Crippen LogP contribution in [-0.4, -0.2) is 34.9 Å². The third-order valence-electron chi connectivity index (χ3n) is 4.38. The van der Waals surface area contributed by atoms with E-state index >= 15 is 0 Å². The molecule has 27 heavy (non-hydrogen) atoms. The average molecular weight is 485 g/mol. The molecule has 0 bridgehead atoms. The zero-order chi connectivity index (χ0) is 19.1. The number of aromatic nitrogens is 2. The molecule has 0 saturated carbocycles. The first-order valence-corrected chi connectivity index (χ1v) is 9.15. The number of nitrogens with one attached hydrogen (secondary N) is 2. The van der Waals surface area contributed by atoms with Crippen molar-refractivity contribution >= 4 is 29.9 Å². The number of aryl methyl sites for hydroxylation is 3. The summed E-state index contributed by atoms with van der Waals surface area (Å²) in [5, 5.41) is 11.1. The van der Waals surface area contributed by atoms with E-state index in [-0.39, 0.29) is 30.1 Å². The summed E-state index contributed by atoms with van der Waals surface area (Å²) in [6.07, 6.45) is 0.0295. The fourth-order valence-electron chi connectivity index (χ4n) is 2.73. The molecule has 150 valence electrons. The lowest BCUT2D eigenvalue weighted by Crippen LogP contribution is -2.41. The van der Waals surface area contributed by atoms with Crippen LogP contribution < -0.4 is 15.4 Å². The summed E-state index contributed by atoms with van der Waals surface area (Å²) in [5.41, 5.74) is 4.50. The molecule has 1 atom stereocenters. The molecule has 1 heterocycles. The number of rotatable bonds is 7. The Bertz CT molecular complexity index is 757. The third-order valence-corrected chi connectivity index (χ3v) is 4.38. The lowest BCUT2D eigenvalue weighted by Gasteiger charge is -2.18. The van der Waals surface area contributed by atoms with Gasteiger partial charge in [-0.05, 0) is 46.2 Å². The van der Waals surface area contributed by atoms with Gasteiger partial charge in [0.05, 0.1) is 18.8 Å². The fourth-order valence-corrected chi connectivity index (χ4v) is 2.73. The van der Waals surface area contributed by atoms with Crippen LogP contribution in [0.3, 0.4) is 0 Å². The number of halogens is 1. The van der Waals surface area contributed by atoms with Gasteiger partial charge in [0.1, 0.15) is 11.9 Å². The van der Waals surface area contributed by atoms with Crippen molar-refractivity contribution in [2.75, 3.05) is 13.1 Å². The monoisotopic (exact) mass is 485 g/mol. The second kappa shape index (κ2) is 11.2. The van der Waals surface area contributed by atoms with E-state index in [1.807, 2.05) is 36.9 Å². The van der Waals surface area contributed by atoms with Gasteiger partial charge in [-0.25, -0.2) is 4.99 Å². The van der Waals surface area contributed by atoms with Crippen molar-refractivity contribution < 1.29 is 4.74 Å². The van der Waals surface area contributed by atoms with Crippen molar-refractivity contribution in [3.05, 3.63) is 46.8 Å². The van der Waals surface area contributed by atoms with Gasteiger partial charge in [0.25, 0.3) is 0 Å². The zero-order valence-corrected chi connectivity index (χ0v) is 19.5. The van der Waals surface area contributed by atoms with E-state index in [1.165, 1.54) is 5.56 Å². The van der Waals surface area contributed by atoms with Gasteiger partial charge in [-0.3, -0.25) is 4.68 Å². The van der Waals surface area contributed by atoms with Crippen molar-refractivity contribution in [3.8, 4) is 5.75 Å². The predicted octanol–water partition coefficient (Wildman–Crippen LogP) is 3.49. The van der Waals surface area contributed by atoms with Crippen molar-refractivity contribution in [1.82, 2.24) is 20.4 Å². The molecular formula is C20H32IN5O. The molecule has 7 heteroatoms. The van der Waals surface area contributed by atoms with Crippen molar-refractivity contribution in [2.24, 2.45) is 12.0 Å². The molecule has 0 fully saturated rings. The number of ether oxygens (including phenoxy) is 1. The Morgan fingerprint density at radius 2 is 1.93 bits per heavy atom. The SMILES string of the molecule is CCNC(=NCc1c(C)nn(C)c1C)NCC(C)Oc1ccccc1C.I. The predicted molar refractivity (Wildman–Crippen MR) is 122 cm³/mol. The minimum atomic E-state index is 0. The maximum absolute atomic E-state index is 6.02. The second-order valence-corrected chi connectivity index (χ2v) is 6.54. The summed E-state index contributed by atoms with van der Waals surface area (Å²) in [4.78, 5) is 4.70. The van der Waals surface area contributed by atoms with Gasteiger partial charge in [-0.15, -0.1) is 24.0 Å². The number of para-hydroxylation sites is 1. The largest absolute Gasteiger partial charge is 0.489 e. The number of aliphatic imine (C=N–C) groups is 1. The fraction of sp³-hybridized carbons (Fsp3) is 0.500. The molecule has 0 aliphatic carbocycles. The van der Waals surface area contributed by atoms with Crippen molar-refractivity contribution in [2.45, 2.75) is 47.3 Å². The van der Waals surface area contributed by atoms with Crippen LogP contribution in [0.15, 0.2) is 29.3 Å². The molecule has 0 saturated heterocycles. The number of benzene rings is 1. The third kappa shape index (κ3) is 6.71. The molecule has 6 nitrogen and oxygen atoms in total. The molecule has 0 radical (unpaired) electrons. The molecule has 0 spiro atoms. The van der Waals surface area contributed by atoms with E-state index in [9.17, 15) is 0 Å². The molecule has 1 aromatic heterocycles. The average Bonchev–Trinajstić information content (AvgIpc) is 2.85. The lowest BCUT2D eigenvalue weighted by molar-refractivity contribution is 0.222. The molecular weight excluding hydrogens is 453 g/mol. The Balaban J connectivity index is 0.00000364. The van der Waals surface area contributed by atoms with Gasteiger partial charge in [-0.1, -0.05) is 18.2 Å². The summed E-state index contributed by atoms with van der Waals surface area (Å²) in [6, 6.07) is 8.06. The molecule has 2 N–H and O–H groups in total. The highest BCUT2D eigenvalue weighted by atomic mass is 127. The highest BCUT2D eigenvalue weighted by Gasteiger charge is 2.10. The lowest BCUT2D eigenvalue weighted by atomic mass is 10.2. The summed E-state index contributed by atoms with van der Waals surface area (Å²) < 4.78 is 7.92. The molecule has 1 aromatic carbocycles. The van der Waals surface area contributed by atoms with Gasteiger partial charge in [0.2, 0.25) is 0 Å². The zero-order valence-electron chi connectivity index (χ0n) is 17.2. The van der Waals surface area contributed by atoms with E-state index in [0.29, 0.717) is 13.1 Å². The quantitative estimate of drug-likeness (QED) is 0.358. The van der Waals surface area contributed by atoms with Crippen molar-refractivity contribution in [1.29, 1.82) is 0 Å².